The van der Waals surface area contributed by atoms with Crippen LogP contribution in [0.15, 0.2) is 24.5 Å². The van der Waals surface area contributed by atoms with Crippen LogP contribution in [0.3, 0.4) is 0 Å². The van der Waals surface area contributed by atoms with Gasteiger partial charge in [0.05, 0.1) is 6.04 Å². The molecule has 1 aromatic rings. The Morgan fingerprint density at radius 2 is 2.12 bits per heavy atom. The Balaban J connectivity index is 0.00000225. The first-order valence-electron chi connectivity index (χ1n) is 4.48. The van der Waals surface area contributed by atoms with Crippen LogP contribution in [0.1, 0.15) is 12.0 Å². The molecule has 2 N–H and O–H groups in total. The summed E-state index contributed by atoms with van der Waals surface area (Å²) in [6.07, 6.45) is 5.60. The maximum Gasteiger partial charge on any atom is 0.323 e. The van der Waals surface area contributed by atoms with E-state index in [0.29, 0.717) is 12.8 Å². The summed E-state index contributed by atoms with van der Waals surface area (Å²) in [6, 6.07) is 2.74. The van der Waals surface area contributed by atoms with Gasteiger partial charge in [0.2, 0.25) is 0 Å². The topological polar surface area (TPSA) is 79.3 Å². The van der Waals surface area contributed by atoms with E-state index in [1.165, 1.54) is 6.41 Å². The third-order valence-electron chi connectivity index (χ3n) is 2.00. The molecule has 1 heterocycles. The summed E-state index contributed by atoms with van der Waals surface area (Å²) in [7, 11) is 0. The van der Waals surface area contributed by atoms with Gasteiger partial charge in [0.15, 0.2) is 0 Å². The van der Waals surface area contributed by atoms with Crippen molar-refractivity contribution in [1.82, 2.24) is 10.3 Å². The number of carboxylic acids is 1. The standard InChI is InChI=1S/C10H11N2O3.Fm/c13-7-12-9(10(14)15)2-1-8-3-5-11-6-4-8;/h3-6,9H,1-2H2,(H,12,13)(H,14,15);/q-1;/t9-;/m0./s1. The van der Waals surface area contributed by atoms with Gasteiger partial charge in [-0.1, -0.05) is 0 Å². The Morgan fingerprint density at radius 1 is 1.50 bits per heavy atom. The largest absolute Gasteiger partial charge is 0.520 e. The number of carboxylic acid groups (broad SMARTS) is 1. The zero-order chi connectivity index (χ0) is 11.1. The fraction of sp³-hybridized carbons (Fsp3) is 0.300. The van der Waals surface area contributed by atoms with Crippen molar-refractivity contribution in [2.24, 2.45) is 0 Å². The Bertz CT molecular complexity index is 332. The van der Waals surface area contributed by atoms with Crippen LogP contribution in [0.25, 0.3) is 0 Å². The Labute approximate surface area is 87.1 Å². The molecular weight excluding hydrogens is 453 g/mol. The molecule has 92 valence electrons. The van der Waals surface area contributed by atoms with Crippen molar-refractivity contribution in [2.45, 2.75) is 18.9 Å². The molecule has 0 radical (unpaired) electrons. The van der Waals surface area contributed by atoms with Crippen molar-refractivity contribution in [3.63, 3.8) is 0 Å². The number of pyridine rings is 1. The van der Waals surface area contributed by atoms with Crippen molar-refractivity contribution in [2.75, 3.05) is 0 Å². The van der Waals surface area contributed by atoms with Crippen LogP contribution in [-0.2, 0) is 16.0 Å². The van der Waals surface area contributed by atoms with Gasteiger partial charge in [-0.2, -0.15) is 6.41 Å². The molecule has 0 aliphatic heterocycles. The average Bonchev–Trinajstić information content (AvgIpc) is 2.25. The van der Waals surface area contributed by atoms with Gasteiger partial charge in [0.25, 0.3) is 0 Å². The molecule has 0 aliphatic rings. The molecule has 1 amide bonds. The van der Waals surface area contributed by atoms with Crippen LogP contribution in [0.2, 0.25) is 0 Å². The zero-order valence-corrected chi connectivity index (χ0v) is 10.7. The second-order valence-corrected chi connectivity index (χ2v) is 3.03. The number of aromatic nitrogens is 1. The van der Waals surface area contributed by atoms with E-state index in [1.54, 1.807) is 12.4 Å². The molecular formula is C10H11FmN2O3-. The first-order chi connectivity index (χ1) is 7.24. The molecule has 0 bridgehead atoms. The van der Waals surface area contributed by atoms with Gasteiger partial charge in [-0.15, -0.1) is 0 Å². The molecule has 1 aromatic heterocycles. The summed E-state index contributed by atoms with van der Waals surface area (Å²) in [5.41, 5.74) is 0.990. The normalized spacial score (nSPS) is 11.0. The third-order valence-corrected chi connectivity index (χ3v) is 2.00. The molecule has 0 aromatic carbocycles. The van der Waals surface area contributed by atoms with Crippen LogP contribution in [0, 0.1) is 0 Å². The number of nitrogens with zero attached hydrogens (tertiary/aromatic N) is 1. The summed E-state index contributed by atoms with van der Waals surface area (Å²) in [4.78, 5) is 24.5. The molecule has 1 atom stereocenters. The predicted octanol–water partition coefficient (Wildman–Crippen LogP) is 0.124. The van der Waals surface area contributed by atoms with Gasteiger partial charge in [0, 0.05) is 12.4 Å². The Morgan fingerprint density at radius 3 is 2.62 bits per heavy atom. The number of hydrogen-bond donors (Lipinski definition) is 2. The van der Waals surface area contributed by atoms with Crippen molar-refractivity contribution in [1.29, 1.82) is 0 Å². The van der Waals surface area contributed by atoms with Crippen LogP contribution in [0.5, 0.6) is 0 Å². The summed E-state index contributed by atoms with van der Waals surface area (Å²) < 4.78 is 0. The van der Waals surface area contributed by atoms with E-state index in [0.717, 1.165) is 5.56 Å². The van der Waals surface area contributed by atoms with Gasteiger partial charge < -0.3 is 15.2 Å². The summed E-state index contributed by atoms with van der Waals surface area (Å²) in [5, 5.41) is 10.9. The third kappa shape index (κ3) is 3.87. The van der Waals surface area contributed by atoms with E-state index in [9.17, 15) is 9.59 Å². The van der Waals surface area contributed by atoms with Gasteiger partial charge >= 0.3 is 5.97 Å². The van der Waals surface area contributed by atoms with Crippen molar-refractivity contribution >= 4 is 12.4 Å². The Hall–Kier alpha value is -2.91. The van der Waals surface area contributed by atoms with Gasteiger partial charge in [-0.3, -0.25) is 9.78 Å². The molecule has 16 heavy (non-hydrogen) atoms. The van der Waals surface area contributed by atoms with E-state index in [2.05, 4.69) is 10.3 Å². The van der Waals surface area contributed by atoms with Crippen molar-refractivity contribution in [3.8, 4) is 0 Å². The minimum atomic E-state index is -1.05. The number of amides is 1. The van der Waals surface area contributed by atoms with E-state index < -0.39 is 12.0 Å². The molecule has 6 heteroatoms. The monoisotopic (exact) mass is 464 g/mol. The molecule has 0 unspecified atom stereocenters. The molecule has 0 spiro atoms. The number of aryl methyl sites for hydroxylation is 1. The molecule has 0 fully saturated rings. The quantitative estimate of drug-likeness (QED) is 0.464. The van der Waals surface area contributed by atoms with Crippen molar-refractivity contribution in [3.05, 3.63) is 30.1 Å². The van der Waals surface area contributed by atoms with Crippen molar-refractivity contribution < 1.29 is 14.7 Å². The van der Waals surface area contributed by atoms with E-state index in [1.807, 2.05) is 12.1 Å². The first kappa shape index (κ1) is 13.1. The number of rotatable bonds is 6. The fourth-order valence-electron chi connectivity index (χ4n) is 1.19. The number of nitrogens with one attached hydrogen (secondary N) is 1. The number of aliphatic carboxylic acids is 1. The smallest absolute Gasteiger partial charge is 0.323 e. The molecule has 0 saturated carbocycles. The summed E-state index contributed by atoms with van der Waals surface area (Å²) >= 11 is 0. The Kier molecular flexibility index (Phi) is 5.34. The fourth-order valence-corrected chi connectivity index (χ4v) is 1.19. The SMILES string of the molecule is O=[C-]N[C@@H](CCc1ccncc1)C(=O)O.[Fm]. The number of hydrogen-bond acceptors (Lipinski definition) is 3. The van der Waals surface area contributed by atoms with Crippen LogP contribution in [-0.4, -0.2) is 28.5 Å². The van der Waals surface area contributed by atoms with Crippen LogP contribution >= 0.6 is 0 Å². The summed E-state index contributed by atoms with van der Waals surface area (Å²) in [5.74, 6) is -1.05. The minimum Gasteiger partial charge on any atom is -0.520 e. The average molecular weight is 464 g/mol. The predicted molar refractivity (Wildman–Crippen MR) is 52.8 cm³/mol. The van der Waals surface area contributed by atoms with E-state index in [4.69, 9.17) is 5.11 Å². The molecule has 0 saturated heterocycles. The first-order valence-corrected chi connectivity index (χ1v) is 4.48. The molecule has 5 nitrogen and oxygen atoms in total. The number of carbonyl (C=O) groups is 1. The molecule has 0 aliphatic carbocycles. The maximum absolute atomic E-state index is 10.7. The van der Waals surface area contributed by atoms with Gasteiger partial charge in [-0.25, -0.2) is 0 Å². The minimum absolute atomic E-state index is 0. The second kappa shape index (κ2) is 6.53. The summed E-state index contributed by atoms with van der Waals surface area (Å²) in [6.45, 7) is 0. The van der Waals surface area contributed by atoms with Gasteiger partial charge in [0.1, 0.15) is 0 Å². The van der Waals surface area contributed by atoms with Gasteiger partial charge in [-0.05, 0) is 30.5 Å². The van der Waals surface area contributed by atoms with E-state index >= 15 is 0 Å². The maximum atomic E-state index is 10.7. The second-order valence-electron chi connectivity index (χ2n) is 3.03. The number of carbonyl (C=O) groups excluding carboxylic acids is 1. The zero-order valence-electron chi connectivity index (χ0n) is 8.30. The van der Waals surface area contributed by atoms with Crippen LogP contribution in [0.4, 0.5) is 0 Å². The molecule has 1 rings (SSSR count). The van der Waals surface area contributed by atoms with Crippen LogP contribution < -0.4 is 5.32 Å². The van der Waals surface area contributed by atoms with E-state index in [-0.39, 0.29) is 0 Å².